The first kappa shape index (κ1) is 12.0. The zero-order chi connectivity index (χ0) is 13.0. The molecule has 1 aromatic carbocycles. The molecule has 0 aliphatic rings. The SMILES string of the molecule is Cc1ccc(Oc2ccc(N=[N+]=[N-])cc2C)cn1. The van der Waals surface area contributed by atoms with Crippen molar-refractivity contribution < 1.29 is 4.74 Å². The van der Waals surface area contributed by atoms with E-state index in [0.29, 0.717) is 11.4 Å². The number of hydrogen-bond acceptors (Lipinski definition) is 3. The third-order valence-electron chi connectivity index (χ3n) is 2.43. The lowest BCUT2D eigenvalue weighted by molar-refractivity contribution is 0.476. The highest BCUT2D eigenvalue weighted by Gasteiger charge is 2.02. The summed E-state index contributed by atoms with van der Waals surface area (Å²) >= 11 is 0. The summed E-state index contributed by atoms with van der Waals surface area (Å²) < 4.78 is 5.70. The van der Waals surface area contributed by atoms with Crippen molar-refractivity contribution in [1.29, 1.82) is 0 Å². The van der Waals surface area contributed by atoms with E-state index in [-0.39, 0.29) is 0 Å². The normalized spacial score (nSPS) is 9.67. The van der Waals surface area contributed by atoms with Gasteiger partial charge < -0.3 is 4.74 Å². The van der Waals surface area contributed by atoms with E-state index in [1.807, 2.05) is 26.0 Å². The van der Waals surface area contributed by atoms with Crippen LogP contribution in [0, 0.1) is 13.8 Å². The van der Waals surface area contributed by atoms with Gasteiger partial charge in [-0.05, 0) is 55.3 Å². The molecule has 0 unspecified atom stereocenters. The number of nitrogens with zero attached hydrogens (tertiary/aromatic N) is 4. The molecule has 2 aromatic rings. The highest BCUT2D eigenvalue weighted by Crippen LogP contribution is 2.28. The molecule has 5 heteroatoms. The Hall–Kier alpha value is -2.52. The molecule has 0 atom stereocenters. The van der Waals surface area contributed by atoms with E-state index in [9.17, 15) is 0 Å². The zero-order valence-corrected chi connectivity index (χ0v) is 10.2. The fourth-order valence-corrected chi connectivity index (χ4v) is 1.50. The van der Waals surface area contributed by atoms with Crippen LogP contribution in [0.2, 0.25) is 0 Å². The van der Waals surface area contributed by atoms with Crippen molar-refractivity contribution in [3.8, 4) is 11.5 Å². The molecular weight excluding hydrogens is 228 g/mol. The number of aromatic nitrogens is 1. The van der Waals surface area contributed by atoms with Crippen LogP contribution in [0.25, 0.3) is 10.4 Å². The Kier molecular flexibility index (Phi) is 3.46. The molecule has 0 radical (unpaired) electrons. The van der Waals surface area contributed by atoms with E-state index >= 15 is 0 Å². The minimum absolute atomic E-state index is 0.574. The van der Waals surface area contributed by atoms with Gasteiger partial charge in [0.25, 0.3) is 0 Å². The molecule has 0 aliphatic carbocycles. The van der Waals surface area contributed by atoms with Crippen LogP contribution in [0.1, 0.15) is 11.3 Å². The first-order valence-corrected chi connectivity index (χ1v) is 5.45. The predicted octanol–water partition coefficient (Wildman–Crippen LogP) is 4.43. The van der Waals surface area contributed by atoms with Gasteiger partial charge in [-0.2, -0.15) is 0 Å². The maximum atomic E-state index is 8.36. The summed E-state index contributed by atoms with van der Waals surface area (Å²) in [5, 5.41) is 3.54. The highest BCUT2D eigenvalue weighted by atomic mass is 16.5. The van der Waals surface area contributed by atoms with Crippen molar-refractivity contribution in [3.63, 3.8) is 0 Å². The lowest BCUT2D eigenvalue weighted by atomic mass is 10.2. The van der Waals surface area contributed by atoms with Crippen molar-refractivity contribution in [3.05, 3.63) is 58.2 Å². The lowest BCUT2D eigenvalue weighted by Crippen LogP contribution is -1.88. The van der Waals surface area contributed by atoms with E-state index in [4.69, 9.17) is 10.3 Å². The minimum atomic E-state index is 0.574. The number of pyridine rings is 1. The van der Waals surface area contributed by atoms with Crippen molar-refractivity contribution in [1.82, 2.24) is 4.98 Å². The second-order valence-electron chi connectivity index (χ2n) is 3.88. The first-order chi connectivity index (χ1) is 8.69. The van der Waals surface area contributed by atoms with Crippen LogP contribution < -0.4 is 4.74 Å². The molecule has 0 saturated heterocycles. The van der Waals surface area contributed by atoms with Crippen molar-refractivity contribution in [2.75, 3.05) is 0 Å². The van der Waals surface area contributed by atoms with E-state index in [2.05, 4.69) is 15.0 Å². The molecule has 0 N–H and O–H groups in total. The average Bonchev–Trinajstić information content (AvgIpc) is 2.36. The maximum absolute atomic E-state index is 8.36. The number of aryl methyl sites for hydroxylation is 2. The van der Waals surface area contributed by atoms with Gasteiger partial charge in [0.05, 0.1) is 6.20 Å². The number of azide groups is 1. The van der Waals surface area contributed by atoms with Crippen LogP contribution in [0.5, 0.6) is 11.5 Å². The van der Waals surface area contributed by atoms with Crippen LogP contribution in [0.4, 0.5) is 5.69 Å². The molecule has 1 aromatic heterocycles. The summed E-state index contributed by atoms with van der Waals surface area (Å²) in [5.41, 5.74) is 10.8. The van der Waals surface area contributed by atoms with Gasteiger partial charge in [-0.15, -0.1) is 0 Å². The van der Waals surface area contributed by atoms with Crippen molar-refractivity contribution in [2.24, 2.45) is 5.11 Å². The summed E-state index contributed by atoms with van der Waals surface area (Å²) in [6.07, 6.45) is 1.68. The Morgan fingerprint density at radius 3 is 2.67 bits per heavy atom. The third-order valence-corrected chi connectivity index (χ3v) is 2.43. The molecule has 18 heavy (non-hydrogen) atoms. The Morgan fingerprint density at radius 1 is 1.22 bits per heavy atom. The molecule has 0 saturated carbocycles. The number of benzene rings is 1. The fourth-order valence-electron chi connectivity index (χ4n) is 1.50. The molecular formula is C13H12N4O. The fraction of sp³-hybridized carbons (Fsp3) is 0.154. The highest BCUT2D eigenvalue weighted by molar-refractivity contribution is 5.47. The Bertz CT molecular complexity index is 601. The van der Waals surface area contributed by atoms with Crippen LogP contribution in [-0.2, 0) is 0 Å². The lowest BCUT2D eigenvalue weighted by Gasteiger charge is -2.08. The van der Waals surface area contributed by atoms with Gasteiger partial charge in [0.15, 0.2) is 0 Å². The Labute approximate surface area is 105 Å². The molecule has 5 nitrogen and oxygen atoms in total. The van der Waals surface area contributed by atoms with Gasteiger partial charge in [-0.25, -0.2) is 0 Å². The largest absolute Gasteiger partial charge is 0.455 e. The second kappa shape index (κ2) is 5.21. The van der Waals surface area contributed by atoms with E-state index < -0.39 is 0 Å². The monoisotopic (exact) mass is 240 g/mol. The Balaban J connectivity index is 2.24. The molecule has 0 amide bonds. The molecule has 0 spiro atoms. The van der Waals surface area contributed by atoms with Crippen LogP contribution in [0.3, 0.4) is 0 Å². The molecule has 0 aliphatic heterocycles. The van der Waals surface area contributed by atoms with Gasteiger partial charge in [0, 0.05) is 16.3 Å². The standard InChI is InChI=1S/C13H12N4O/c1-9-7-11(16-17-14)4-6-13(9)18-12-5-3-10(2)15-8-12/h3-8H,1-2H3. The van der Waals surface area contributed by atoms with E-state index in [1.165, 1.54) is 0 Å². The van der Waals surface area contributed by atoms with Gasteiger partial charge in [0.1, 0.15) is 11.5 Å². The second-order valence-corrected chi connectivity index (χ2v) is 3.88. The van der Waals surface area contributed by atoms with E-state index in [1.54, 1.807) is 24.4 Å². The van der Waals surface area contributed by atoms with Gasteiger partial charge in [-0.1, -0.05) is 5.11 Å². The van der Waals surface area contributed by atoms with Crippen molar-refractivity contribution >= 4 is 5.69 Å². The molecule has 0 bridgehead atoms. The zero-order valence-electron chi connectivity index (χ0n) is 10.2. The summed E-state index contributed by atoms with van der Waals surface area (Å²) in [7, 11) is 0. The smallest absolute Gasteiger partial charge is 0.145 e. The summed E-state index contributed by atoms with van der Waals surface area (Å²) in [4.78, 5) is 6.90. The Morgan fingerprint density at radius 2 is 2.06 bits per heavy atom. The van der Waals surface area contributed by atoms with Crippen LogP contribution in [0.15, 0.2) is 41.6 Å². The number of rotatable bonds is 3. The van der Waals surface area contributed by atoms with Gasteiger partial charge in [-0.3, -0.25) is 4.98 Å². The topological polar surface area (TPSA) is 70.9 Å². The van der Waals surface area contributed by atoms with Crippen LogP contribution in [-0.4, -0.2) is 4.98 Å². The average molecular weight is 240 g/mol. The maximum Gasteiger partial charge on any atom is 0.145 e. The molecule has 0 fully saturated rings. The van der Waals surface area contributed by atoms with E-state index in [0.717, 1.165) is 17.0 Å². The molecule has 2 rings (SSSR count). The van der Waals surface area contributed by atoms with Gasteiger partial charge >= 0.3 is 0 Å². The predicted molar refractivity (Wildman–Crippen MR) is 69.0 cm³/mol. The molecule has 90 valence electrons. The third kappa shape index (κ3) is 2.78. The minimum Gasteiger partial charge on any atom is -0.455 e. The quantitative estimate of drug-likeness (QED) is 0.452. The van der Waals surface area contributed by atoms with Crippen molar-refractivity contribution in [2.45, 2.75) is 13.8 Å². The number of ether oxygens (including phenoxy) is 1. The summed E-state index contributed by atoms with van der Waals surface area (Å²) in [5.74, 6) is 1.40. The number of hydrogen-bond donors (Lipinski definition) is 0. The summed E-state index contributed by atoms with van der Waals surface area (Å²) in [6, 6.07) is 9.02. The summed E-state index contributed by atoms with van der Waals surface area (Å²) in [6.45, 7) is 3.82. The van der Waals surface area contributed by atoms with Gasteiger partial charge in [0.2, 0.25) is 0 Å². The molecule has 1 heterocycles. The van der Waals surface area contributed by atoms with Crippen LogP contribution >= 0.6 is 0 Å². The first-order valence-electron chi connectivity index (χ1n) is 5.45.